The topological polar surface area (TPSA) is 97.4 Å². The number of aromatic nitrogens is 1. The van der Waals surface area contributed by atoms with Crippen molar-refractivity contribution in [1.29, 1.82) is 0 Å². The number of nitrogens with one attached hydrogen (secondary N) is 1. The van der Waals surface area contributed by atoms with Crippen LogP contribution >= 0.6 is 0 Å². The highest BCUT2D eigenvalue weighted by atomic mass is 16.4. The Balaban J connectivity index is 1.77. The lowest BCUT2D eigenvalue weighted by Gasteiger charge is -2.13. The van der Waals surface area contributed by atoms with Crippen LogP contribution in [0.3, 0.4) is 0 Å². The Morgan fingerprint density at radius 2 is 1.84 bits per heavy atom. The predicted molar refractivity (Wildman–Crippen MR) is 122 cm³/mol. The van der Waals surface area contributed by atoms with Crippen molar-refractivity contribution >= 4 is 28.5 Å². The van der Waals surface area contributed by atoms with Gasteiger partial charge in [0.2, 0.25) is 0 Å². The zero-order chi connectivity index (χ0) is 22.0. The molecule has 0 saturated heterocycles. The first kappa shape index (κ1) is 20.4. The average molecular weight is 413 g/mol. The predicted octanol–water partition coefficient (Wildman–Crippen LogP) is 4.18. The molecule has 156 valence electrons. The minimum atomic E-state index is -0.950. The van der Waals surface area contributed by atoms with Gasteiger partial charge in [0, 0.05) is 41.9 Å². The quantitative estimate of drug-likeness (QED) is 0.442. The first-order valence-electron chi connectivity index (χ1n) is 9.96. The van der Waals surface area contributed by atoms with Gasteiger partial charge in [-0.1, -0.05) is 36.4 Å². The molecule has 0 saturated carbocycles. The molecule has 4 aromatic rings. The zero-order valence-corrected chi connectivity index (χ0v) is 17.1. The number of amides is 1. The molecule has 0 radical (unpaired) electrons. The van der Waals surface area contributed by atoms with Crippen molar-refractivity contribution in [3.8, 4) is 11.1 Å². The SMILES string of the molecule is Cn1ccc2c(-c3cccc(CN)c3)cc(C(=O)Nc3ccccc3CC(=O)O)cc21. The molecule has 1 aromatic heterocycles. The first-order chi connectivity index (χ1) is 15.0. The summed E-state index contributed by atoms with van der Waals surface area (Å²) >= 11 is 0. The van der Waals surface area contributed by atoms with Crippen LogP contribution < -0.4 is 11.1 Å². The lowest BCUT2D eigenvalue weighted by Crippen LogP contribution is -2.14. The molecule has 1 amide bonds. The molecule has 6 heteroatoms. The normalized spacial score (nSPS) is 10.9. The highest BCUT2D eigenvalue weighted by molar-refractivity contribution is 6.09. The summed E-state index contributed by atoms with van der Waals surface area (Å²) in [5.41, 5.74) is 11.2. The molecule has 0 spiro atoms. The molecule has 0 aliphatic rings. The van der Waals surface area contributed by atoms with E-state index in [0.29, 0.717) is 23.4 Å². The van der Waals surface area contributed by atoms with Gasteiger partial charge in [0.05, 0.1) is 6.42 Å². The standard InChI is InChI=1S/C25H23N3O3/c1-28-10-9-20-21(17-7-4-5-16(11-17)15-26)12-19(13-23(20)28)25(31)27-22-8-3-2-6-18(22)14-24(29)30/h2-13H,14-15,26H2,1H3,(H,27,31)(H,29,30). The molecule has 0 fully saturated rings. The molecule has 4 rings (SSSR count). The minimum Gasteiger partial charge on any atom is -0.481 e. The maximum Gasteiger partial charge on any atom is 0.307 e. The van der Waals surface area contributed by atoms with Gasteiger partial charge in [0.1, 0.15) is 0 Å². The van der Waals surface area contributed by atoms with E-state index in [-0.39, 0.29) is 12.3 Å². The molecule has 0 aliphatic heterocycles. The van der Waals surface area contributed by atoms with Gasteiger partial charge in [-0.05, 0) is 52.6 Å². The van der Waals surface area contributed by atoms with Crippen LogP contribution in [0.15, 0.2) is 72.9 Å². The van der Waals surface area contributed by atoms with E-state index in [0.717, 1.165) is 27.6 Å². The summed E-state index contributed by atoms with van der Waals surface area (Å²) in [6.45, 7) is 0.437. The van der Waals surface area contributed by atoms with Crippen LogP contribution in [0, 0.1) is 0 Å². The van der Waals surface area contributed by atoms with Crippen LogP contribution in [0.1, 0.15) is 21.5 Å². The third kappa shape index (κ3) is 4.20. The van der Waals surface area contributed by atoms with E-state index < -0.39 is 5.97 Å². The van der Waals surface area contributed by atoms with Gasteiger partial charge in [-0.25, -0.2) is 0 Å². The van der Waals surface area contributed by atoms with E-state index in [2.05, 4.69) is 5.32 Å². The number of fused-ring (bicyclic) bond motifs is 1. The van der Waals surface area contributed by atoms with E-state index in [1.807, 2.05) is 60.3 Å². The zero-order valence-electron chi connectivity index (χ0n) is 17.1. The largest absolute Gasteiger partial charge is 0.481 e. The first-order valence-corrected chi connectivity index (χ1v) is 9.96. The van der Waals surface area contributed by atoms with E-state index in [1.54, 1.807) is 24.3 Å². The van der Waals surface area contributed by atoms with E-state index >= 15 is 0 Å². The molecule has 6 nitrogen and oxygen atoms in total. The second-order valence-corrected chi connectivity index (χ2v) is 7.47. The van der Waals surface area contributed by atoms with Crippen LogP contribution in [-0.2, 0) is 24.8 Å². The minimum absolute atomic E-state index is 0.162. The lowest BCUT2D eigenvalue weighted by molar-refractivity contribution is -0.136. The van der Waals surface area contributed by atoms with Crippen LogP contribution in [-0.4, -0.2) is 21.6 Å². The van der Waals surface area contributed by atoms with Crippen molar-refractivity contribution < 1.29 is 14.7 Å². The summed E-state index contributed by atoms with van der Waals surface area (Å²) < 4.78 is 1.97. The van der Waals surface area contributed by atoms with Gasteiger partial charge >= 0.3 is 5.97 Å². The summed E-state index contributed by atoms with van der Waals surface area (Å²) in [4.78, 5) is 24.3. The number of aryl methyl sites for hydroxylation is 1. The van der Waals surface area contributed by atoms with Crippen LogP contribution in [0.25, 0.3) is 22.0 Å². The van der Waals surface area contributed by atoms with E-state index in [1.165, 1.54) is 0 Å². The number of benzene rings is 3. The number of aliphatic carboxylic acids is 1. The number of nitrogens with two attached hydrogens (primary N) is 1. The number of nitrogens with zero attached hydrogens (tertiary/aromatic N) is 1. The third-order valence-electron chi connectivity index (χ3n) is 5.35. The molecule has 4 N–H and O–H groups in total. The molecule has 0 aliphatic carbocycles. The van der Waals surface area contributed by atoms with Gasteiger partial charge in [-0.2, -0.15) is 0 Å². The summed E-state index contributed by atoms with van der Waals surface area (Å²) in [6, 6.07) is 20.7. The van der Waals surface area contributed by atoms with Crippen LogP contribution in [0.5, 0.6) is 0 Å². The Morgan fingerprint density at radius 3 is 2.61 bits per heavy atom. The summed E-state index contributed by atoms with van der Waals surface area (Å²) in [5.74, 6) is -1.24. The molecule has 3 aromatic carbocycles. The van der Waals surface area contributed by atoms with Gasteiger partial charge < -0.3 is 20.7 Å². The van der Waals surface area contributed by atoms with Gasteiger partial charge in [0.25, 0.3) is 5.91 Å². The average Bonchev–Trinajstić information content (AvgIpc) is 3.15. The number of hydrogen-bond acceptors (Lipinski definition) is 3. The second kappa shape index (κ2) is 8.45. The van der Waals surface area contributed by atoms with Crippen LogP contribution in [0.4, 0.5) is 5.69 Å². The van der Waals surface area contributed by atoms with Gasteiger partial charge in [-0.15, -0.1) is 0 Å². The van der Waals surface area contributed by atoms with E-state index in [9.17, 15) is 9.59 Å². The summed E-state index contributed by atoms with van der Waals surface area (Å²) in [6.07, 6.45) is 1.80. The Labute approximate surface area is 179 Å². The number of para-hydroxylation sites is 1. The Hall–Kier alpha value is -3.90. The third-order valence-corrected chi connectivity index (χ3v) is 5.35. The van der Waals surface area contributed by atoms with Crippen molar-refractivity contribution in [2.75, 3.05) is 5.32 Å². The molecule has 31 heavy (non-hydrogen) atoms. The highest BCUT2D eigenvalue weighted by Crippen LogP contribution is 2.32. The molecular formula is C25H23N3O3. The van der Waals surface area contributed by atoms with Gasteiger partial charge in [-0.3, -0.25) is 9.59 Å². The Bertz CT molecular complexity index is 1290. The highest BCUT2D eigenvalue weighted by Gasteiger charge is 2.16. The smallest absolute Gasteiger partial charge is 0.307 e. The maximum absolute atomic E-state index is 13.1. The molecule has 0 unspecified atom stereocenters. The van der Waals surface area contributed by atoms with Crippen molar-refractivity contribution in [3.05, 3.63) is 89.6 Å². The number of carbonyl (C=O) groups excluding carboxylic acids is 1. The number of carboxylic acid groups (broad SMARTS) is 1. The second-order valence-electron chi connectivity index (χ2n) is 7.47. The maximum atomic E-state index is 13.1. The fourth-order valence-corrected chi connectivity index (χ4v) is 3.76. The van der Waals surface area contributed by atoms with Crippen molar-refractivity contribution in [2.24, 2.45) is 12.8 Å². The van der Waals surface area contributed by atoms with Crippen LogP contribution in [0.2, 0.25) is 0 Å². The number of hydrogen-bond donors (Lipinski definition) is 3. The number of carboxylic acids is 1. The van der Waals surface area contributed by atoms with Crippen molar-refractivity contribution in [2.45, 2.75) is 13.0 Å². The van der Waals surface area contributed by atoms with Crippen molar-refractivity contribution in [1.82, 2.24) is 4.57 Å². The Morgan fingerprint density at radius 1 is 1.03 bits per heavy atom. The Kier molecular flexibility index (Phi) is 5.56. The van der Waals surface area contributed by atoms with Crippen molar-refractivity contribution in [3.63, 3.8) is 0 Å². The molecular weight excluding hydrogens is 390 g/mol. The molecule has 0 atom stereocenters. The number of rotatable bonds is 6. The fraction of sp³-hybridized carbons (Fsp3) is 0.120. The monoisotopic (exact) mass is 413 g/mol. The molecule has 1 heterocycles. The fourth-order valence-electron chi connectivity index (χ4n) is 3.76. The number of carbonyl (C=O) groups is 2. The lowest BCUT2D eigenvalue weighted by atomic mass is 9.97. The summed E-state index contributed by atoms with van der Waals surface area (Å²) in [5, 5.41) is 13.1. The number of anilines is 1. The van der Waals surface area contributed by atoms with E-state index in [4.69, 9.17) is 10.8 Å². The molecule has 0 bridgehead atoms. The summed E-state index contributed by atoms with van der Waals surface area (Å²) in [7, 11) is 1.94. The van der Waals surface area contributed by atoms with Gasteiger partial charge in [0.15, 0.2) is 0 Å².